The molecule has 0 aliphatic heterocycles. The summed E-state index contributed by atoms with van der Waals surface area (Å²) in [6.45, 7) is 4.75. The maximum atomic E-state index is 12.9. The van der Waals surface area contributed by atoms with Gasteiger partial charge in [0, 0.05) is 24.0 Å². The van der Waals surface area contributed by atoms with Gasteiger partial charge in [0.1, 0.15) is 5.82 Å². The lowest BCUT2D eigenvalue weighted by Gasteiger charge is -2.21. The summed E-state index contributed by atoms with van der Waals surface area (Å²) in [6, 6.07) is 6.17. The molecule has 0 aliphatic carbocycles. The Morgan fingerprint density at radius 1 is 1.43 bits per heavy atom. The summed E-state index contributed by atoms with van der Waals surface area (Å²) in [5.41, 5.74) is 1.62. The Kier molecular flexibility index (Phi) is 4.90. The lowest BCUT2D eigenvalue weighted by atomic mass is 10.2. The fraction of sp³-hybridized carbons (Fsp3) is 0.333. The molecule has 1 unspecified atom stereocenters. The Labute approximate surface area is 126 Å². The number of halogens is 1. The molecule has 1 heterocycles. The summed E-state index contributed by atoms with van der Waals surface area (Å²) >= 11 is 1.46. The van der Waals surface area contributed by atoms with Gasteiger partial charge in [-0.2, -0.15) is 0 Å². The number of carboxylic acid groups (broad SMARTS) is 1. The first-order valence-corrected chi connectivity index (χ1v) is 7.58. The van der Waals surface area contributed by atoms with Crippen LogP contribution in [0.3, 0.4) is 0 Å². The third-order valence-electron chi connectivity index (χ3n) is 3.20. The third-order valence-corrected chi connectivity index (χ3v) is 4.10. The number of hydrogen-bond acceptors (Lipinski definition) is 4. The van der Waals surface area contributed by atoms with Crippen LogP contribution in [0.15, 0.2) is 29.6 Å². The highest BCUT2D eigenvalue weighted by Gasteiger charge is 2.18. The minimum absolute atomic E-state index is 0.278. The van der Waals surface area contributed by atoms with Gasteiger partial charge in [0.25, 0.3) is 0 Å². The third kappa shape index (κ3) is 3.78. The quantitative estimate of drug-likeness (QED) is 0.887. The summed E-state index contributed by atoms with van der Waals surface area (Å²) < 4.78 is 12.9. The zero-order valence-electron chi connectivity index (χ0n) is 11.9. The van der Waals surface area contributed by atoms with E-state index in [2.05, 4.69) is 4.98 Å². The molecule has 2 rings (SSSR count). The second kappa shape index (κ2) is 6.67. The number of thiazole rings is 1. The van der Waals surface area contributed by atoms with Crippen LogP contribution in [0.2, 0.25) is 0 Å². The highest BCUT2D eigenvalue weighted by Crippen LogP contribution is 2.28. The van der Waals surface area contributed by atoms with Gasteiger partial charge in [-0.25, -0.2) is 9.37 Å². The minimum Gasteiger partial charge on any atom is -0.481 e. The lowest BCUT2D eigenvalue weighted by molar-refractivity contribution is -0.140. The number of aliphatic carboxylic acids is 1. The molecule has 0 amide bonds. The van der Waals surface area contributed by atoms with Gasteiger partial charge in [-0.15, -0.1) is 11.3 Å². The second-order valence-corrected chi connectivity index (χ2v) is 5.64. The van der Waals surface area contributed by atoms with Gasteiger partial charge < -0.3 is 10.0 Å². The van der Waals surface area contributed by atoms with Crippen molar-refractivity contribution in [1.82, 2.24) is 4.98 Å². The molecule has 6 heteroatoms. The predicted molar refractivity (Wildman–Crippen MR) is 82.2 cm³/mol. The Balaban J connectivity index is 2.17. The highest BCUT2D eigenvalue weighted by atomic mass is 32.1. The van der Waals surface area contributed by atoms with Crippen LogP contribution in [-0.2, 0) is 4.79 Å². The average molecular weight is 308 g/mol. The zero-order valence-corrected chi connectivity index (χ0v) is 12.7. The van der Waals surface area contributed by atoms with Crippen molar-refractivity contribution in [3.63, 3.8) is 0 Å². The minimum atomic E-state index is -0.816. The monoisotopic (exact) mass is 308 g/mol. The molecular formula is C15H17FN2O2S. The number of carboxylic acids is 1. The van der Waals surface area contributed by atoms with Crippen molar-refractivity contribution < 1.29 is 14.3 Å². The molecule has 1 aromatic heterocycles. The van der Waals surface area contributed by atoms with Crippen molar-refractivity contribution in [1.29, 1.82) is 0 Å². The number of rotatable bonds is 6. The molecule has 4 nitrogen and oxygen atoms in total. The molecule has 0 saturated heterocycles. The van der Waals surface area contributed by atoms with E-state index in [9.17, 15) is 9.18 Å². The molecule has 0 fully saturated rings. The Bertz CT molecular complexity index is 612. The molecule has 0 spiro atoms. The van der Waals surface area contributed by atoms with Crippen LogP contribution in [0.5, 0.6) is 0 Å². The van der Waals surface area contributed by atoms with Crippen LogP contribution in [0.4, 0.5) is 9.52 Å². The first kappa shape index (κ1) is 15.4. The van der Waals surface area contributed by atoms with Crippen molar-refractivity contribution in [3.05, 3.63) is 35.5 Å². The molecule has 1 aromatic carbocycles. The van der Waals surface area contributed by atoms with E-state index in [1.807, 2.05) is 17.2 Å². The summed E-state index contributed by atoms with van der Waals surface area (Å²) in [4.78, 5) is 17.4. The van der Waals surface area contributed by atoms with Gasteiger partial charge in [-0.05, 0) is 31.2 Å². The van der Waals surface area contributed by atoms with Gasteiger partial charge >= 0.3 is 5.97 Å². The molecule has 0 saturated carbocycles. The van der Waals surface area contributed by atoms with E-state index in [1.54, 1.807) is 19.1 Å². The Morgan fingerprint density at radius 3 is 2.67 bits per heavy atom. The maximum Gasteiger partial charge on any atom is 0.308 e. The molecular weight excluding hydrogens is 291 g/mol. The topological polar surface area (TPSA) is 53.4 Å². The summed E-state index contributed by atoms with van der Waals surface area (Å²) in [5, 5.41) is 11.7. The molecule has 112 valence electrons. The molecule has 0 bridgehead atoms. The zero-order chi connectivity index (χ0) is 15.4. The second-order valence-electron chi connectivity index (χ2n) is 4.80. The van der Waals surface area contributed by atoms with E-state index in [-0.39, 0.29) is 5.82 Å². The number of anilines is 1. The lowest BCUT2D eigenvalue weighted by Crippen LogP contribution is -2.31. The van der Waals surface area contributed by atoms with Crippen molar-refractivity contribution in [2.24, 2.45) is 5.92 Å². The van der Waals surface area contributed by atoms with Crippen LogP contribution in [-0.4, -0.2) is 29.1 Å². The van der Waals surface area contributed by atoms with Gasteiger partial charge in [0.05, 0.1) is 11.6 Å². The standard InChI is InChI=1S/C15H17FN2O2S/c1-3-18(8-10(2)14(19)20)15-17-13(9-21-15)11-4-6-12(16)7-5-11/h4-7,9-10H,3,8H2,1-2H3,(H,19,20). The smallest absolute Gasteiger partial charge is 0.308 e. The first-order chi connectivity index (χ1) is 10.0. The van der Waals surface area contributed by atoms with E-state index in [0.29, 0.717) is 13.1 Å². The number of carbonyl (C=O) groups is 1. The first-order valence-electron chi connectivity index (χ1n) is 6.70. The van der Waals surface area contributed by atoms with E-state index in [0.717, 1.165) is 16.4 Å². The summed E-state index contributed by atoms with van der Waals surface area (Å²) in [6.07, 6.45) is 0. The van der Waals surface area contributed by atoms with Gasteiger partial charge in [0.15, 0.2) is 5.13 Å². The average Bonchev–Trinajstić information content (AvgIpc) is 2.94. The van der Waals surface area contributed by atoms with Crippen molar-refractivity contribution in [2.75, 3.05) is 18.0 Å². The highest BCUT2D eigenvalue weighted by molar-refractivity contribution is 7.14. The van der Waals surface area contributed by atoms with Crippen LogP contribution in [0.1, 0.15) is 13.8 Å². The number of hydrogen-bond donors (Lipinski definition) is 1. The Morgan fingerprint density at radius 2 is 2.10 bits per heavy atom. The number of nitrogens with zero attached hydrogens (tertiary/aromatic N) is 2. The molecule has 0 aliphatic rings. The van der Waals surface area contributed by atoms with E-state index >= 15 is 0 Å². The SMILES string of the molecule is CCN(CC(C)C(=O)O)c1nc(-c2ccc(F)cc2)cs1. The molecule has 21 heavy (non-hydrogen) atoms. The van der Waals surface area contributed by atoms with E-state index in [4.69, 9.17) is 5.11 Å². The number of benzene rings is 1. The van der Waals surface area contributed by atoms with Crippen molar-refractivity contribution in [2.45, 2.75) is 13.8 Å². The summed E-state index contributed by atoms with van der Waals surface area (Å²) in [5.74, 6) is -1.55. The van der Waals surface area contributed by atoms with Crippen LogP contribution in [0, 0.1) is 11.7 Å². The Hall–Kier alpha value is -1.95. The van der Waals surface area contributed by atoms with Gasteiger partial charge in [-0.3, -0.25) is 4.79 Å². The molecule has 1 atom stereocenters. The molecule has 0 radical (unpaired) electrons. The van der Waals surface area contributed by atoms with Crippen LogP contribution in [0.25, 0.3) is 11.3 Å². The predicted octanol–water partition coefficient (Wildman–Crippen LogP) is 3.50. The summed E-state index contributed by atoms with van der Waals surface area (Å²) in [7, 11) is 0. The fourth-order valence-corrected chi connectivity index (χ4v) is 2.82. The van der Waals surface area contributed by atoms with E-state index in [1.165, 1.54) is 23.5 Å². The largest absolute Gasteiger partial charge is 0.481 e. The maximum absolute atomic E-state index is 12.9. The number of aromatic nitrogens is 1. The fourth-order valence-electron chi connectivity index (χ4n) is 1.91. The van der Waals surface area contributed by atoms with Crippen LogP contribution < -0.4 is 4.90 Å². The van der Waals surface area contributed by atoms with Crippen LogP contribution >= 0.6 is 11.3 Å². The van der Waals surface area contributed by atoms with E-state index < -0.39 is 11.9 Å². The normalized spacial score (nSPS) is 12.1. The van der Waals surface area contributed by atoms with Crippen molar-refractivity contribution >= 4 is 22.4 Å². The van der Waals surface area contributed by atoms with Crippen molar-refractivity contribution in [3.8, 4) is 11.3 Å². The van der Waals surface area contributed by atoms with Gasteiger partial charge in [0.2, 0.25) is 0 Å². The molecule has 2 aromatic rings. The molecule has 1 N–H and O–H groups in total. The van der Waals surface area contributed by atoms with Gasteiger partial charge in [-0.1, -0.05) is 6.92 Å².